The van der Waals surface area contributed by atoms with Crippen LogP contribution in [0.15, 0.2) is 5.38 Å². The van der Waals surface area contributed by atoms with Crippen LogP contribution < -0.4 is 5.32 Å². The lowest BCUT2D eigenvalue weighted by atomic mass is 10.2. The molecule has 0 aromatic carbocycles. The summed E-state index contributed by atoms with van der Waals surface area (Å²) in [5.74, 6) is -4.10. The third-order valence-electron chi connectivity index (χ3n) is 2.51. The highest BCUT2D eigenvalue weighted by Crippen LogP contribution is 2.23. The Morgan fingerprint density at radius 3 is 2.65 bits per heavy atom. The molecular weight excluding hydrogens is 296 g/mol. The first-order chi connectivity index (χ1) is 9.35. The molecule has 0 spiro atoms. The zero-order chi connectivity index (χ0) is 15.2. The SMILES string of the molecule is CCNC(COCC(F)(F)C(F)F)Cc1nc(C)cs1. The lowest BCUT2D eigenvalue weighted by Gasteiger charge is -2.20. The van der Waals surface area contributed by atoms with Gasteiger partial charge in [-0.15, -0.1) is 11.3 Å². The number of likely N-dealkylation sites (N-methyl/N-ethyl adjacent to an activating group) is 1. The molecule has 1 N–H and O–H groups in total. The first-order valence-corrected chi connectivity index (χ1v) is 7.11. The molecular formula is C12H18F4N2OS. The van der Waals surface area contributed by atoms with Crippen LogP contribution in [0.1, 0.15) is 17.6 Å². The Kier molecular flexibility index (Phi) is 6.84. The van der Waals surface area contributed by atoms with Gasteiger partial charge in [-0.25, -0.2) is 13.8 Å². The Morgan fingerprint density at radius 1 is 1.45 bits per heavy atom. The molecule has 0 saturated heterocycles. The highest BCUT2D eigenvalue weighted by atomic mass is 32.1. The molecule has 0 radical (unpaired) electrons. The molecule has 0 bridgehead atoms. The van der Waals surface area contributed by atoms with Crippen LogP contribution in [0.5, 0.6) is 0 Å². The topological polar surface area (TPSA) is 34.1 Å². The van der Waals surface area contributed by atoms with Gasteiger partial charge in [0, 0.05) is 23.5 Å². The van der Waals surface area contributed by atoms with Crippen LogP contribution in [0.2, 0.25) is 0 Å². The van der Waals surface area contributed by atoms with Crippen LogP contribution in [-0.2, 0) is 11.2 Å². The van der Waals surface area contributed by atoms with Gasteiger partial charge in [-0.2, -0.15) is 8.78 Å². The predicted molar refractivity (Wildman–Crippen MR) is 69.8 cm³/mol. The molecule has 1 atom stereocenters. The second kappa shape index (κ2) is 7.90. The second-order valence-electron chi connectivity index (χ2n) is 4.42. The van der Waals surface area contributed by atoms with Gasteiger partial charge in [0.05, 0.1) is 11.6 Å². The van der Waals surface area contributed by atoms with E-state index in [2.05, 4.69) is 10.3 Å². The number of aryl methyl sites for hydroxylation is 1. The molecule has 8 heteroatoms. The van der Waals surface area contributed by atoms with E-state index in [1.165, 1.54) is 11.3 Å². The fourth-order valence-corrected chi connectivity index (χ4v) is 2.44. The Morgan fingerprint density at radius 2 is 2.15 bits per heavy atom. The van der Waals surface area contributed by atoms with E-state index in [9.17, 15) is 17.6 Å². The van der Waals surface area contributed by atoms with Gasteiger partial charge in [0.1, 0.15) is 6.61 Å². The van der Waals surface area contributed by atoms with E-state index >= 15 is 0 Å². The predicted octanol–water partition coefficient (Wildman–Crippen LogP) is 2.89. The van der Waals surface area contributed by atoms with Gasteiger partial charge in [0.15, 0.2) is 0 Å². The maximum Gasteiger partial charge on any atom is 0.330 e. The highest BCUT2D eigenvalue weighted by Gasteiger charge is 2.41. The van der Waals surface area contributed by atoms with Crippen LogP contribution in [0.25, 0.3) is 0 Å². The summed E-state index contributed by atoms with van der Waals surface area (Å²) in [6.45, 7) is 3.03. The zero-order valence-electron chi connectivity index (χ0n) is 11.3. The summed E-state index contributed by atoms with van der Waals surface area (Å²) in [6.07, 6.45) is -3.19. The van der Waals surface area contributed by atoms with E-state index < -0.39 is 19.0 Å². The number of rotatable bonds is 9. The largest absolute Gasteiger partial charge is 0.373 e. The average Bonchev–Trinajstić information content (AvgIpc) is 2.74. The monoisotopic (exact) mass is 314 g/mol. The summed E-state index contributed by atoms with van der Waals surface area (Å²) in [6, 6.07) is -0.223. The Labute approximate surface area is 119 Å². The number of hydrogen-bond acceptors (Lipinski definition) is 4. The molecule has 3 nitrogen and oxygen atoms in total. The fraction of sp³-hybridized carbons (Fsp3) is 0.750. The number of thiazole rings is 1. The lowest BCUT2D eigenvalue weighted by Crippen LogP contribution is -2.38. The zero-order valence-corrected chi connectivity index (χ0v) is 12.2. The van der Waals surface area contributed by atoms with Gasteiger partial charge in [-0.3, -0.25) is 0 Å². The van der Waals surface area contributed by atoms with Gasteiger partial charge in [-0.1, -0.05) is 6.92 Å². The Balaban J connectivity index is 2.43. The lowest BCUT2D eigenvalue weighted by molar-refractivity contribution is -0.167. The van der Waals surface area contributed by atoms with Crippen molar-refractivity contribution in [3.63, 3.8) is 0 Å². The first-order valence-electron chi connectivity index (χ1n) is 6.23. The van der Waals surface area contributed by atoms with Crippen molar-refractivity contribution in [2.75, 3.05) is 19.8 Å². The molecule has 1 aromatic rings. The van der Waals surface area contributed by atoms with Crippen molar-refractivity contribution in [3.8, 4) is 0 Å². The molecule has 0 fully saturated rings. The molecule has 0 aliphatic carbocycles. The van der Waals surface area contributed by atoms with Crippen molar-refractivity contribution in [3.05, 3.63) is 16.1 Å². The third-order valence-corrected chi connectivity index (χ3v) is 3.50. The molecule has 1 unspecified atom stereocenters. The van der Waals surface area contributed by atoms with Gasteiger partial charge < -0.3 is 10.1 Å². The number of hydrogen-bond donors (Lipinski definition) is 1. The number of halogens is 4. The number of alkyl halides is 4. The second-order valence-corrected chi connectivity index (χ2v) is 5.36. The van der Waals surface area contributed by atoms with E-state index in [0.717, 1.165) is 10.7 Å². The number of aromatic nitrogens is 1. The van der Waals surface area contributed by atoms with Gasteiger partial charge >= 0.3 is 12.3 Å². The van der Waals surface area contributed by atoms with E-state index in [1.807, 2.05) is 19.2 Å². The summed E-state index contributed by atoms with van der Waals surface area (Å²) < 4.78 is 54.1. The molecule has 0 aliphatic heterocycles. The van der Waals surface area contributed by atoms with Crippen LogP contribution in [0.3, 0.4) is 0 Å². The molecule has 0 saturated carbocycles. The van der Waals surface area contributed by atoms with Crippen molar-refractivity contribution in [2.45, 2.75) is 38.7 Å². The smallest absolute Gasteiger partial charge is 0.330 e. The first kappa shape index (κ1) is 17.3. The van der Waals surface area contributed by atoms with E-state index in [-0.39, 0.29) is 12.6 Å². The summed E-state index contributed by atoms with van der Waals surface area (Å²) in [5, 5.41) is 5.82. The Bertz CT molecular complexity index is 401. The van der Waals surface area contributed by atoms with Gasteiger partial charge in [0.2, 0.25) is 0 Å². The summed E-state index contributed by atoms with van der Waals surface area (Å²) in [7, 11) is 0. The number of ether oxygens (including phenoxy) is 1. The molecule has 0 aliphatic rings. The third kappa shape index (κ3) is 5.72. The maximum atomic E-state index is 12.7. The highest BCUT2D eigenvalue weighted by molar-refractivity contribution is 7.09. The van der Waals surface area contributed by atoms with Crippen molar-refractivity contribution < 1.29 is 22.3 Å². The molecule has 1 heterocycles. The van der Waals surface area contributed by atoms with Crippen molar-refractivity contribution >= 4 is 11.3 Å². The minimum atomic E-state index is -4.10. The Hall–Kier alpha value is -0.730. The van der Waals surface area contributed by atoms with Gasteiger partial charge in [0.25, 0.3) is 0 Å². The summed E-state index contributed by atoms with van der Waals surface area (Å²) in [4.78, 5) is 4.27. The molecule has 1 aromatic heterocycles. The van der Waals surface area contributed by atoms with Crippen LogP contribution in [0, 0.1) is 6.92 Å². The van der Waals surface area contributed by atoms with E-state index in [4.69, 9.17) is 4.74 Å². The van der Waals surface area contributed by atoms with Crippen molar-refractivity contribution in [2.24, 2.45) is 0 Å². The molecule has 1 rings (SSSR count). The van der Waals surface area contributed by atoms with Crippen LogP contribution >= 0.6 is 11.3 Å². The standard InChI is InChI=1S/C12H18F4N2OS/c1-3-17-9(4-10-18-8(2)6-20-10)5-19-7-12(15,16)11(13)14/h6,9,11,17H,3-5,7H2,1-2H3. The van der Waals surface area contributed by atoms with Crippen molar-refractivity contribution in [1.29, 1.82) is 0 Å². The van der Waals surface area contributed by atoms with E-state index in [1.54, 1.807) is 0 Å². The number of nitrogens with one attached hydrogen (secondary N) is 1. The quantitative estimate of drug-likeness (QED) is 0.712. The fourth-order valence-electron chi connectivity index (χ4n) is 1.59. The number of nitrogens with zero attached hydrogens (tertiary/aromatic N) is 1. The maximum absolute atomic E-state index is 12.7. The molecule has 116 valence electrons. The minimum absolute atomic E-state index is 0.0607. The summed E-state index contributed by atoms with van der Waals surface area (Å²) in [5.41, 5.74) is 0.894. The van der Waals surface area contributed by atoms with Crippen molar-refractivity contribution in [1.82, 2.24) is 10.3 Å². The average molecular weight is 314 g/mol. The minimum Gasteiger partial charge on any atom is -0.373 e. The van der Waals surface area contributed by atoms with Gasteiger partial charge in [-0.05, 0) is 13.5 Å². The van der Waals surface area contributed by atoms with Crippen LogP contribution in [0.4, 0.5) is 17.6 Å². The molecule has 20 heavy (non-hydrogen) atoms. The normalized spacial score (nSPS) is 13.9. The summed E-state index contributed by atoms with van der Waals surface area (Å²) >= 11 is 1.47. The van der Waals surface area contributed by atoms with Crippen LogP contribution in [-0.4, -0.2) is 43.1 Å². The van der Waals surface area contributed by atoms with E-state index in [0.29, 0.717) is 13.0 Å². The molecule has 0 amide bonds.